The summed E-state index contributed by atoms with van der Waals surface area (Å²) in [4.78, 5) is 0. The molecule has 1 rings (SSSR count). The minimum atomic E-state index is 0.745. The Labute approximate surface area is 98.1 Å². The Kier molecular flexibility index (Phi) is 5.47. The molecular weight excluding hydrogens is 294 g/mol. The number of allylic oxidation sites excluding steroid dienone is 1. The van der Waals surface area contributed by atoms with Crippen LogP contribution in [0.2, 0.25) is 0 Å². The van der Waals surface area contributed by atoms with Crippen LogP contribution in [0.25, 0.3) is 3.58 Å². The van der Waals surface area contributed by atoms with Gasteiger partial charge in [0, 0.05) is 9.46 Å². The van der Waals surface area contributed by atoms with Crippen LogP contribution >= 0.6 is 34.2 Å². The van der Waals surface area contributed by atoms with Crippen LogP contribution in [-0.4, -0.2) is 5.88 Å². The Morgan fingerprint density at radius 3 is 2.62 bits per heavy atom. The number of alkyl halides is 1. The van der Waals surface area contributed by atoms with E-state index in [-0.39, 0.29) is 0 Å². The lowest BCUT2D eigenvalue weighted by molar-refractivity contribution is 0.970. The third-order valence-electron chi connectivity index (χ3n) is 1.71. The van der Waals surface area contributed by atoms with E-state index in [1.165, 1.54) is 9.14 Å². The van der Waals surface area contributed by atoms with E-state index in [0.717, 1.165) is 18.7 Å². The molecule has 0 aliphatic rings. The van der Waals surface area contributed by atoms with Crippen molar-refractivity contribution in [3.63, 3.8) is 0 Å². The van der Waals surface area contributed by atoms with Gasteiger partial charge in [0.25, 0.3) is 0 Å². The maximum atomic E-state index is 5.60. The van der Waals surface area contributed by atoms with Gasteiger partial charge in [0.05, 0.1) is 0 Å². The smallest absolute Gasteiger partial charge is 0.0226 e. The first-order chi connectivity index (χ1) is 6.34. The summed E-state index contributed by atoms with van der Waals surface area (Å²) in [6.07, 6.45) is 4.36. The van der Waals surface area contributed by atoms with Crippen LogP contribution in [0.1, 0.15) is 18.4 Å². The summed E-state index contributed by atoms with van der Waals surface area (Å²) in [5, 5.41) is 0. The quantitative estimate of drug-likeness (QED) is 0.437. The van der Waals surface area contributed by atoms with Gasteiger partial charge in [-0.25, -0.2) is 0 Å². The van der Waals surface area contributed by atoms with E-state index in [2.05, 4.69) is 52.9 Å². The van der Waals surface area contributed by atoms with Crippen molar-refractivity contribution in [2.24, 2.45) is 0 Å². The van der Waals surface area contributed by atoms with E-state index >= 15 is 0 Å². The fourth-order valence-corrected chi connectivity index (χ4v) is 1.85. The van der Waals surface area contributed by atoms with E-state index in [9.17, 15) is 0 Å². The lowest BCUT2D eigenvalue weighted by Crippen LogP contribution is -1.76. The summed E-state index contributed by atoms with van der Waals surface area (Å²) in [6.45, 7) is 0. The molecule has 0 aliphatic heterocycles. The predicted molar refractivity (Wildman–Crippen MR) is 68.4 cm³/mol. The van der Waals surface area contributed by atoms with Gasteiger partial charge in [0.1, 0.15) is 0 Å². The molecule has 0 aliphatic carbocycles. The summed E-state index contributed by atoms with van der Waals surface area (Å²) in [5.74, 6) is 0.745. The van der Waals surface area contributed by atoms with Crippen molar-refractivity contribution in [2.45, 2.75) is 12.8 Å². The molecule has 1 aromatic rings. The first-order valence-electron chi connectivity index (χ1n) is 4.31. The Morgan fingerprint density at radius 1 is 1.31 bits per heavy atom. The van der Waals surface area contributed by atoms with E-state index in [0.29, 0.717) is 0 Å². The minimum absolute atomic E-state index is 0.745. The van der Waals surface area contributed by atoms with Crippen molar-refractivity contribution in [3.05, 3.63) is 42.0 Å². The molecule has 13 heavy (non-hydrogen) atoms. The fourth-order valence-electron chi connectivity index (χ4n) is 1.02. The van der Waals surface area contributed by atoms with Gasteiger partial charge in [-0.2, -0.15) is 0 Å². The zero-order valence-corrected chi connectivity index (χ0v) is 10.3. The average molecular weight is 307 g/mol. The minimum Gasteiger partial charge on any atom is -0.127 e. The van der Waals surface area contributed by atoms with Gasteiger partial charge < -0.3 is 0 Å². The van der Waals surface area contributed by atoms with Crippen molar-refractivity contribution in [1.82, 2.24) is 0 Å². The second-order valence-corrected chi connectivity index (χ2v) is 4.29. The van der Waals surface area contributed by atoms with Gasteiger partial charge in [0.15, 0.2) is 0 Å². The maximum absolute atomic E-state index is 5.60. The molecule has 2 heteroatoms. The molecule has 0 saturated carbocycles. The van der Waals surface area contributed by atoms with Crippen LogP contribution in [-0.2, 0) is 0 Å². The number of halogens is 2. The summed E-state index contributed by atoms with van der Waals surface area (Å²) in [6, 6.07) is 10.4. The normalized spacial score (nSPS) is 11.7. The molecule has 0 atom stereocenters. The number of unbranched alkanes of at least 4 members (excludes halogenated alkanes) is 1. The highest BCUT2D eigenvalue weighted by Gasteiger charge is 1.93. The molecule has 0 amide bonds. The molecule has 0 bridgehead atoms. The number of benzene rings is 1. The van der Waals surface area contributed by atoms with Crippen LogP contribution in [0.5, 0.6) is 0 Å². The fraction of sp³-hybridized carbons (Fsp3) is 0.273. The van der Waals surface area contributed by atoms with E-state index in [1.54, 1.807) is 0 Å². The highest BCUT2D eigenvalue weighted by atomic mass is 127. The van der Waals surface area contributed by atoms with Crippen molar-refractivity contribution < 1.29 is 0 Å². The summed E-state index contributed by atoms with van der Waals surface area (Å²) in [7, 11) is 0. The SMILES string of the molecule is ClCCC/C=C(/I)c1ccccc1. The molecule has 0 nitrogen and oxygen atoms in total. The molecule has 0 unspecified atom stereocenters. The van der Waals surface area contributed by atoms with Crippen molar-refractivity contribution >= 4 is 37.8 Å². The largest absolute Gasteiger partial charge is 0.127 e. The lowest BCUT2D eigenvalue weighted by Gasteiger charge is -1.98. The van der Waals surface area contributed by atoms with Crippen molar-refractivity contribution in [1.29, 1.82) is 0 Å². The standard InChI is InChI=1S/C11H12ClI/c12-9-5-4-8-11(13)10-6-2-1-3-7-10/h1-3,6-8H,4-5,9H2/b11-8+. The second-order valence-electron chi connectivity index (χ2n) is 2.75. The van der Waals surface area contributed by atoms with Crippen molar-refractivity contribution in [3.8, 4) is 0 Å². The third kappa shape index (κ3) is 4.14. The van der Waals surface area contributed by atoms with Crippen LogP contribution in [0.3, 0.4) is 0 Å². The van der Waals surface area contributed by atoms with Gasteiger partial charge in [-0.15, -0.1) is 11.6 Å². The lowest BCUT2D eigenvalue weighted by atomic mass is 10.2. The maximum Gasteiger partial charge on any atom is 0.0226 e. The molecule has 70 valence electrons. The Bertz CT molecular complexity index is 267. The summed E-state index contributed by atoms with van der Waals surface area (Å²) >= 11 is 7.96. The van der Waals surface area contributed by atoms with Crippen LogP contribution in [0.15, 0.2) is 36.4 Å². The summed E-state index contributed by atoms with van der Waals surface area (Å²) in [5.41, 5.74) is 1.29. The number of hydrogen-bond acceptors (Lipinski definition) is 0. The first-order valence-corrected chi connectivity index (χ1v) is 5.93. The topological polar surface area (TPSA) is 0 Å². The molecule has 0 aromatic heterocycles. The van der Waals surface area contributed by atoms with Crippen LogP contribution < -0.4 is 0 Å². The Hall–Kier alpha value is -0.0200. The molecule has 0 fully saturated rings. The monoisotopic (exact) mass is 306 g/mol. The zero-order chi connectivity index (χ0) is 9.52. The Balaban J connectivity index is 2.57. The first kappa shape index (κ1) is 11.1. The summed E-state index contributed by atoms with van der Waals surface area (Å²) < 4.78 is 1.31. The molecule has 1 aromatic carbocycles. The average Bonchev–Trinajstić information content (AvgIpc) is 2.19. The van der Waals surface area contributed by atoms with Gasteiger partial charge in [-0.05, 0) is 41.0 Å². The van der Waals surface area contributed by atoms with Gasteiger partial charge in [-0.3, -0.25) is 0 Å². The van der Waals surface area contributed by atoms with Crippen LogP contribution in [0, 0.1) is 0 Å². The second kappa shape index (κ2) is 6.44. The third-order valence-corrected chi connectivity index (χ3v) is 3.04. The highest BCUT2D eigenvalue weighted by molar-refractivity contribution is 14.1. The number of hydrogen-bond donors (Lipinski definition) is 0. The molecular formula is C11H12ClI. The molecule has 0 spiro atoms. The van der Waals surface area contributed by atoms with E-state index in [4.69, 9.17) is 11.6 Å². The van der Waals surface area contributed by atoms with Crippen LogP contribution in [0.4, 0.5) is 0 Å². The highest BCUT2D eigenvalue weighted by Crippen LogP contribution is 2.22. The zero-order valence-electron chi connectivity index (χ0n) is 7.34. The van der Waals surface area contributed by atoms with Gasteiger partial charge in [-0.1, -0.05) is 36.4 Å². The van der Waals surface area contributed by atoms with E-state index in [1.807, 2.05) is 6.07 Å². The van der Waals surface area contributed by atoms with E-state index < -0.39 is 0 Å². The molecule has 0 N–H and O–H groups in total. The van der Waals surface area contributed by atoms with Gasteiger partial charge in [0.2, 0.25) is 0 Å². The van der Waals surface area contributed by atoms with Gasteiger partial charge >= 0.3 is 0 Å². The Morgan fingerprint density at radius 2 is 2.00 bits per heavy atom. The molecule has 0 saturated heterocycles. The molecule has 0 radical (unpaired) electrons. The number of rotatable bonds is 4. The predicted octanol–water partition coefficient (Wildman–Crippen LogP) is 4.48. The van der Waals surface area contributed by atoms with Crippen molar-refractivity contribution in [2.75, 3.05) is 5.88 Å². The molecule has 0 heterocycles.